The first kappa shape index (κ1) is 33.3. The average molecular weight is 488 g/mol. The van der Waals surface area contributed by atoms with Gasteiger partial charge >= 0.3 is 5.97 Å². The quantitative estimate of drug-likeness (QED) is 0.109. The van der Waals surface area contributed by atoms with Gasteiger partial charge in [0.15, 0.2) is 0 Å². The Bertz CT molecular complexity index is 422. The highest BCUT2D eigenvalue weighted by atomic mass is 16.5. The lowest BCUT2D eigenvalue weighted by Crippen LogP contribution is -2.41. The predicted octanol–water partition coefficient (Wildman–Crippen LogP) is 6.48. The third kappa shape index (κ3) is 24.4. The van der Waals surface area contributed by atoms with Gasteiger partial charge in [-0.2, -0.15) is 0 Å². The number of hydrogen-bond donors (Lipinski definition) is 3. The molecular weight excluding hydrogens is 430 g/mol. The molecule has 0 aromatic heterocycles. The van der Waals surface area contributed by atoms with E-state index in [2.05, 4.69) is 12.2 Å². The summed E-state index contributed by atoms with van der Waals surface area (Å²) in [6.45, 7) is 6.34. The van der Waals surface area contributed by atoms with Crippen molar-refractivity contribution in [3.8, 4) is 0 Å². The van der Waals surface area contributed by atoms with Crippen LogP contribution in [0.3, 0.4) is 0 Å². The summed E-state index contributed by atoms with van der Waals surface area (Å²) in [7, 11) is 0. The predicted molar refractivity (Wildman–Crippen MR) is 142 cm³/mol. The van der Waals surface area contributed by atoms with Crippen LogP contribution in [0.25, 0.3) is 0 Å². The molecule has 0 aromatic carbocycles. The zero-order valence-corrected chi connectivity index (χ0v) is 22.5. The summed E-state index contributed by atoms with van der Waals surface area (Å²) in [5.74, 6) is -0.835. The van der Waals surface area contributed by atoms with Gasteiger partial charge in [-0.15, -0.1) is 0 Å². The number of hydrogen-bond acceptors (Lipinski definition) is 5. The summed E-state index contributed by atoms with van der Waals surface area (Å²) in [6, 6.07) is 0.146. The first-order valence-electron chi connectivity index (χ1n) is 14.4. The van der Waals surface area contributed by atoms with Crippen LogP contribution in [0.5, 0.6) is 0 Å². The van der Waals surface area contributed by atoms with Crippen LogP contribution in [0.4, 0.5) is 0 Å². The number of aliphatic hydroxyl groups excluding tert-OH is 1. The van der Waals surface area contributed by atoms with Crippen LogP contribution in [0.2, 0.25) is 0 Å². The van der Waals surface area contributed by atoms with E-state index in [4.69, 9.17) is 19.7 Å². The molecule has 0 aliphatic carbocycles. The van der Waals surface area contributed by atoms with Gasteiger partial charge in [0.05, 0.1) is 32.3 Å². The highest BCUT2D eigenvalue weighted by Gasteiger charge is 2.17. The van der Waals surface area contributed by atoms with Gasteiger partial charge in [0, 0.05) is 12.6 Å². The summed E-state index contributed by atoms with van der Waals surface area (Å²) in [4.78, 5) is 10.6. The van der Waals surface area contributed by atoms with Gasteiger partial charge in [0.25, 0.3) is 0 Å². The number of ether oxygens (including phenoxy) is 2. The van der Waals surface area contributed by atoms with E-state index in [-0.39, 0.29) is 31.8 Å². The van der Waals surface area contributed by atoms with Gasteiger partial charge in [0.2, 0.25) is 0 Å². The first-order chi connectivity index (χ1) is 16.6. The van der Waals surface area contributed by atoms with Gasteiger partial charge in [-0.25, -0.2) is 0 Å². The maximum atomic E-state index is 10.6. The minimum atomic E-state index is -0.835. The molecule has 0 aliphatic rings. The van der Waals surface area contributed by atoms with Crippen molar-refractivity contribution in [2.24, 2.45) is 0 Å². The Kier molecular flexibility index (Phi) is 26.4. The largest absolute Gasteiger partial charge is 0.481 e. The van der Waals surface area contributed by atoms with E-state index in [0.717, 1.165) is 19.4 Å². The monoisotopic (exact) mass is 487 g/mol. The Morgan fingerprint density at radius 2 is 1.26 bits per heavy atom. The summed E-state index contributed by atoms with van der Waals surface area (Å²) < 4.78 is 11.1. The maximum absolute atomic E-state index is 10.6. The third-order valence-corrected chi connectivity index (χ3v) is 6.51. The van der Waals surface area contributed by atoms with Crippen molar-refractivity contribution in [3.63, 3.8) is 0 Å². The molecule has 0 bridgehead atoms. The molecule has 204 valence electrons. The lowest BCUT2D eigenvalue weighted by molar-refractivity contribution is -0.138. The molecule has 0 saturated carbocycles. The van der Waals surface area contributed by atoms with Gasteiger partial charge in [-0.1, -0.05) is 103 Å². The van der Waals surface area contributed by atoms with Crippen LogP contribution < -0.4 is 5.32 Å². The van der Waals surface area contributed by atoms with E-state index in [1.165, 1.54) is 96.3 Å². The standard InChI is InChI=1S/C28H57NO5/c1-3-4-5-6-7-8-9-10-11-12-13-14-15-16-17-18-21-29-27(26(2)34-25-22-30)19-23-33-24-20-28(31)32/h26-27,29-30H,3-25H2,1-2H3,(H,31,32). The second-order valence-corrected chi connectivity index (χ2v) is 9.71. The smallest absolute Gasteiger partial charge is 0.305 e. The minimum Gasteiger partial charge on any atom is -0.481 e. The van der Waals surface area contributed by atoms with Crippen molar-refractivity contribution >= 4 is 5.97 Å². The Labute approximate surface area is 210 Å². The van der Waals surface area contributed by atoms with Gasteiger partial charge in [-0.05, 0) is 26.3 Å². The number of rotatable bonds is 28. The lowest BCUT2D eigenvalue weighted by atomic mass is 10.0. The van der Waals surface area contributed by atoms with Crippen LogP contribution in [-0.2, 0) is 14.3 Å². The second kappa shape index (κ2) is 26.9. The summed E-state index contributed by atoms with van der Waals surface area (Å²) >= 11 is 0. The molecule has 0 rings (SSSR count). The molecule has 3 N–H and O–H groups in total. The molecule has 0 spiro atoms. The zero-order valence-electron chi connectivity index (χ0n) is 22.5. The SMILES string of the molecule is CCCCCCCCCCCCCCCCCCNC(CCOCCC(=O)O)C(C)OCCO. The van der Waals surface area contributed by atoms with Gasteiger partial charge in [0.1, 0.15) is 0 Å². The number of carbonyl (C=O) groups is 1. The van der Waals surface area contributed by atoms with E-state index >= 15 is 0 Å². The molecule has 2 unspecified atom stereocenters. The fraction of sp³-hybridized carbons (Fsp3) is 0.964. The van der Waals surface area contributed by atoms with Crippen LogP contribution >= 0.6 is 0 Å². The second-order valence-electron chi connectivity index (χ2n) is 9.71. The molecule has 0 saturated heterocycles. The number of carboxylic acids is 1. The molecule has 2 atom stereocenters. The minimum absolute atomic E-state index is 0.0173. The van der Waals surface area contributed by atoms with Gasteiger partial charge < -0.3 is 25.0 Å². The molecule has 0 aromatic rings. The third-order valence-electron chi connectivity index (χ3n) is 6.51. The van der Waals surface area contributed by atoms with Crippen molar-refractivity contribution in [1.82, 2.24) is 5.32 Å². The van der Waals surface area contributed by atoms with E-state index in [1.807, 2.05) is 6.92 Å². The molecule has 6 heteroatoms. The van der Waals surface area contributed by atoms with Crippen LogP contribution in [0.1, 0.15) is 129 Å². The number of nitrogens with one attached hydrogen (secondary N) is 1. The molecule has 0 amide bonds. The number of carboxylic acid groups (broad SMARTS) is 1. The summed E-state index contributed by atoms with van der Waals surface area (Å²) in [5.41, 5.74) is 0. The van der Waals surface area contributed by atoms with Crippen LogP contribution in [0, 0.1) is 0 Å². The molecule has 0 aliphatic heterocycles. The molecular formula is C28H57NO5. The highest BCUT2D eigenvalue weighted by Crippen LogP contribution is 2.14. The van der Waals surface area contributed by atoms with E-state index in [9.17, 15) is 4.79 Å². The Hall–Kier alpha value is -0.690. The van der Waals surface area contributed by atoms with E-state index in [1.54, 1.807) is 0 Å². The molecule has 0 heterocycles. The number of aliphatic hydroxyl groups is 1. The van der Waals surface area contributed by atoms with E-state index in [0.29, 0.717) is 13.2 Å². The molecule has 6 nitrogen and oxygen atoms in total. The van der Waals surface area contributed by atoms with Crippen molar-refractivity contribution < 1.29 is 24.5 Å². The molecule has 0 fully saturated rings. The van der Waals surface area contributed by atoms with Crippen LogP contribution in [0.15, 0.2) is 0 Å². The number of unbranched alkanes of at least 4 members (excludes halogenated alkanes) is 15. The summed E-state index contributed by atoms with van der Waals surface area (Å²) in [5, 5.41) is 21.3. The van der Waals surface area contributed by atoms with Crippen molar-refractivity contribution in [2.75, 3.05) is 33.0 Å². The van der Waals surface area contributed by atoms with Crippen molar-refractivity contribution in [2.45, 2.75) is 142 Å². The van der Waals surface area contributed by atoms with Gasteiger partial charge in [-0.3, -0.25) is 4.79 Å². The van der Waals surface area contributed by atoms with Crippen molar-refractivity contribution in [3.05, 3.63) is 0 Å². The lowest BCUT2D eigenvalue weighted by Gasteiger charge is -2.25. The van der Waals surface area contributed by atoms with Crippen LogP contribution in [-0.4, -0.2) is 61.3 Å². The highest BCUT2D eigenvalue weighted by molar-refractivity contribution is 5.66. The number of aliphatic carboxylic acids is 1. The topological polar surface area (TPSA) is 88.0 Å². The van der Waals surface area contributed by atoms with Crippen molar-refractivity contribution in [1.29, 1.82) is 0 Å². The molecule has 0 radical (unpaired) electrons. The van der Waals surface area contributed by atoms with E-state index < -0.39 is 5.97 Å². The Morgan fingerprint density at radius 3 is 1.74 bits per heavy atom. The first-order valence-corrected chi connectivity index (χ1v) is 14.4. The average Bonchev–Trinajstić information content (AvgIpc) is 2.82. The molecule has 34 heavy (non-hydrogen) atoms. The fourth-order valence-electron chi connectivity index (χ4n) is 4.29. The Balaban J connectivity index is 3.61. The maximum Gasteiger partial charge on any atom is 0.305 e. The Morgan fingerprint density at radius 1 is 0.765 bits per heavy atom. The normalized spacial score (nSPS) is 13.3. The summed E-state index contributed by atoms with van der Waals surface area (Å²) in [6.07, 6.45) is 22.7. The zero-order chi connectivity index (χ0) is 25.1. The fourth-order valence-corrected chi connectivity index (χ4v) is 4.29.